The fourth-order valence-corrected chi connectivity index (χ4v) is 12.0. The summed E-state index contributed by atoms with van der Waals surface area (Å²) in [6.07, 6.45) is 15.7. The van der Waals surface area contributed by atoms with Gasteiger partial charge in [-0.3, -0.25) is 8.37 Å². The van der Waals surface area contributed by atoms with Crippen molar-refractivity contribution < 1.29 is 26.8 Å². The second-order valence-corrected chi connectivity index (χ2v) is 20.4. The Kier molecular flexibility index (Phi) is 19.0. The minimum Gasteiger partial charge on any atom is -0.394 e. The van der Waals surface area contributed by atoms with Gasteiger partial charge in [0.15, 0.2) is 0 Å². The topological polar surface area (TPSA) is 102 Å². The van der Waals surface area contributed by atoms with Gasteiger partial charge in [0.2, 0.25) is 0 Å². The summed E-state index contributed by atoms with van der Waals surface area (Å²) in [5.41, 5.74) is 0.00196. The lowest BCUT2D eigenvalue weighted by Crippen LogP contribution is -2.57. The number of nitrogens with one attached hydrogen (secondary N) is 2. The van der Waals surface area contributed by atoms with Crippen molar-refractivity contribution in [2.75, 3.05) is 57.8 Å². The zero-order valence-electron chi connectivity index (χ0n) is 31.6. The molecule has 2 aliphatic carbocycles. The first kappa shape index (κ1) is 42.1. The van der Waals surface area contributed by atoms with Crippen molar-refractivity contribution in [1.82, 2.24) is 20.4 Å². The minimum absolute atomic E-state index is 0.00196. The molecule has 1 atom stereocenters. The van der Waals surface area contributed by atoms with E-state index in [9.17, 15) is 9.59 Å². The summed E-state index contributed by atoms with van der Waals surface area (Å²) in [7, 11) is -4.34. The van der Waals surface area contributed by atoms with Crippen molar-refractivity contribution in [1.29, 1.82) is 0 Å². The summed E-state index contributed by atoms with van der Waals surface area (Å²) in [6.45, 7) is 20.3. The molecule has 10 nitrogen and oxygen atoms in total. The molecule has 2 N–H and O–H groups in total. The monoisotopic (exact) mass is 704 g/mol. The van der Waals surface area contributed by atoms with Crippen LogP contribution in [0.3, 0.4) is 0 Å². The minimum atomic E-state index is -2.51. The molecule has 1 unspecified atom stereocenters. The maximum absolute atomic E-state index is 13.7. The first-order chi connectivity index (χ1) is 22.3. The Morgan fingerprint density at radius 1 is 0.809 bits per heavy atom. The van der Waals surface area contributed by atoms with Crippen LogP contribution in [0.4, 0.5) is 9.59 Å². The van der Waals surface area contributed by atoms with Crippen LogP contribution in [-0.4, -0.2) is 100 Å². The molecule has 0 aromatic carbocycles. The van der Waals surface area contributed by atoms with Gasteiger partial charge in [0.25, 0.3) is 0 Å². The average molecular weight is 705 g/mol. The smallest absolute Gasteiger partial charge is 0.355 e. The van der Waals surface area contributed by atoms with E-state index < -0.39 is 19.2 Å². The van der Waals surface area contributed by atoms with Crippen LogP contribution in [0.25, 0.3) is 0 Å². The number of nitrogens with zero attached hydrogens (tertiary/aromatic N) is 2. The van der Waals surface area contributed by atoms with E-state index in [1.807, 2.05) is 43.8 Å². The maximum atomic E-state index is 13.7. The standard InChI is InChI=1S/C35H72N4O6SSi/c1-10-42-46(8,43-11-2)28-38(31-20-16-14-17-21-31)33(40)36-25-24-35(6,7)26-30(5)27-37-34(41)39(32-22-18-15-19-23-32)29-47(9,44-12-3)45-13-4/h30-32H,10-29H2,1-9H3,(H,36,40)(H,37,41). The molecule has 0 aromatic rings. The molecule has 2 saturated carbocycles. The van der Waals surface area contributed by atoms with Crippen molar-refractivity contribution in [3.05, 3.63) is 0 Å². The molecular formula is C35H72N4O6SSi. The predicted octanol–water partition coefficient (Wildman–Crippen LogP) is 8.10. The van der Waals surface area contributed by atoms with E-state index in [4.69, 9.17) is 17.2 Å². The van der Waals surface area contributed by atoms with Gasteiger partial charge >= 0.3 is 20.6 Å². The molecule has 278 valence electrons. The highest BCUT2D eigenvalue weighted by molar-refractivity contribution is 8.25. The normalized spacial score (nSPS) is 18.1. The predicted molar refractivity (Wildman–Crippen MR) is 198 cm³/mol. The first-order valence-corrected chi connectivity index (χ1v) is 23.3. The summed E-state index contributed by atoms with van der Waals surface area (Å²) >= 11 is 0. The van der Waals surface area contributed by atoms with Crippen LogP contribution in [0.15, 0.2) is 0 Å². The molecule has 2 rings (SSSR count). The molecule has 2 aliphatic rings. The third kappa shape index (κ3) is 15.2. The highest BCUT2D eigenvalue weighted by Gasteiger charge is 2.39. The molecule has 12 heteroatoms. The molecular weight excluding hydrogens is 633 g/mol. The first-order valence-electron chi connectivity index (χ1n) is 18.7. The molecule has 47 heavy (non-hydrogen) atoms. The molecule has 0 aliphatic heterocycles. The Labute approximate surface area is 291 Å². The van der Waals surface area contributed by atoms with Crippen LogP contribution in [0.2, 0.25) is 6.55 Å². The van der Waals surface area contributed by atoms with E-state index in [1.54, 1.807) is 0 Å². The molecule has 0 radical (unpaired) electrons. The fraction of sp³-hybridized carbons (Fsp3) is 0.943. The zero-order chi connectivity index (χ0) is 34.9. The van der Waals surface area contributed by atoms with Crippen LogP contribution in [-0.2, 0) is 17.2 Å². The molecule has 2 fully saturated rings. The number of amides is 4. The number of urea groups is 2. The highest BCUT2D eigenvalue weighted by Crippen LogP contribution is 2.48. The number of hydrogen-bond donors (Lipinski definition) is 2. The maximum Gasteiger partial charge on any atom is 0.355 e. The number of carbonyl (C=O) groups excluding carboxylic acids is 2. The lowest BCUT2D eigenvalue weighted by Gasteiger charge is -2.45. The summed E-state index contributed by atoms with van der Waals surface area (Å²) in [6, 6.07) is 0.456. The molecule has 0 saturated heterocycles. The van der Waals surface area contributed by atoms with Gasteiger partial charge in [-0.05, 0) is 84.1 Å². The van der Waals surface area contributed by atoms with Gasteiger partial charge in [-0.1, -0.05) is 59.3 Å². The van der Waals surface area contributed by atoms with E-state index in [2.05, 4.69) is 38.0 Å². The second kappa shape index (κ2) is 21.2. The SMILES string of the molecule is CCO[Si](C)(CN(C(=O)NCC(C)CC(C)(C)CCNC(=O)N(CS(C)(OCC)OCC)C1CCCCC1)C1CCCCC1)OCC. The summed E-state index contributed by atoms with van der Waals surface area (Å²) in [5, 5.41) is 6.53. The van der Waals surface area contributed by atoms with Crippen LogP contribution in [0.1, 0.15) is 126 Å². The summed E-state index contributed by atoms with van der Waals surface area (Å²) in [4.78, 5) is 31.4. The summed E-state index contributed by atoms with van der Waals surface area (Å²) in [5.74, 6) is 0.792. The van der Waals surface area contributed by atoms with Crippen LogP contribution in [0.5, 0.6) is 0 Å². The van der Waals surface area contributed by atoms with Gasteiger partial charge in [0.05, 0.1) is 19.4 Å². The van der Waals surface area contributed by atoms with Gasteiger partial charge in [0.1, 0.15) is 5.88 Å². The summed E-state index contributed by atoms with van der Waals surface area (Å²) < 4.78 is 24.4. The quantitative estimate of drug-likeness (QED) is 0.117. The second-order valence-electron chi connectivity index (χ2n) is 14.7. The van der Waals surface area contributed by atoms with Gasteiger partial charge in [0, 0.05) is 44.6 Å². The number of hydrogen-bond acceptors (Lipinski definition) is 6. The molecule has 0 heterocycles. The van der Waals surface area contributed by atoms with Gasteiger partial charge in [-0.15, -0.1) is 0 Å². The van der Waals surface area contributed by atoms with Gasteiger partial charge in [-0.2, -0.15) is 10.6 Å². The molecule has 0 spiro atoms. The Bertz CT molecular complexity index is 891. The van der Waals surface area contributed by atoms with Gasteiger partial charge < -0.3 is 29.3 Å². The molecule has 4 amide bonds. The lowest BCUT2D eigenvalue weighted by atomic mass is 9.80. The Morgan fingerprint density at radius 2 is 1.30 bits per heavy atom. The van der Waals surface area contributed by atoms with E-state index in [0.29, 0.717) is 57.5 Å². The van der Waals surface area contributed by atoms with Crippen molar-refractivity contribution in [2.45, 2.75) is 144 Å². The van der Waals surface area contributed by atoms with E-state index in [1.165, 1.54) is 12.8 Å². The molecule has 0 bridgehead atoms. The largest absolute Gasteiger partial charge is 0.394 e. The number of rotatable bonds is 21. The highest BCUT2D eigenvalue weighted by atomic mass is 32.3. The third-order valence-electron chi connectivity index (χ3n) is 9.60. The number of carbonyl (C=O) groups is 2. The van der Waals surface area contributed by atoms with Gasteiger partial charge in [-0.25, -0.2) is 9.59 Å². The fourth-order valence-electron chi connectivity index (χ4n) is 7.48. The van der Waals surface area contributed by atoms with Crippen LogP contribution < -0.4 is 10.6 Å². The third-order valence-corrected chi connectivity index (χ3v) is 14.5. The van der Waals surface area contributed by atoms with E-state index in [-0.39, 0.29) is 29.6 Å². The Balaban J connectivity index is 1.95. The van der Waals surface area contributed by atoms with Crippen molar-refractivity contribution in [3.8, 4) is 0 Å². The molecule has 0 aromatic heterocycles. The van der Waals surface area contributed by atoms with E-state index in [0.717, 1.165) is 64.2 Å². The Hall–Kier alpha value is -1.05. The van der Waals surface area contributed by atoms with Crippen molar-refractivity contribution >= 4 is 31.2 Å². The van der Waals surface area contributed by atoms with E-state index >= 15 is 0 Å². The van der Waals surface area contributed by atoms with Crippen LogP contribution >= 0.6 is 10.6 Å². The van der Waals surface area contributed by atoms with Crippen LogP contribution in [0, 0.1) is 11.3 Å². The average Bonchev–Trinajstić information content (AvgIpc) is 3.02. The zero-order valence-corrected chi connectivity index (χ0v) is 33.4. The van der Waals surface area contributed by atoms with Crippen molar-refractivity contribution in [3.63, 3.8) is 0 Å². The Morgan fingerprint density at radius 3 is 1.79 bits per heavy atom. The van der Waals surface area contributed by atoms with Crippen molar-refractivity contribution in [2.24, 2.45) is 11.3 Å². The lowest BCUT2D eigenvalue weighted by molar-refractivity contribution is 0.134.